The van der Waals surface area contributed by atoms with E-state index in [4.69, 9.17) is 0 Å². The maximum absolute atomic E-state index is 4.56. The zero-order chi connectivity index (χ0) is 14.0. The number of halogens is 2. The highest BCUT2D eigenvalue weighted by atomic mass is 127. The fraction of sp³-hybridized carbons (Fsp3) is 0.462. The van der Waals surface area contributed by atoms with Crippen molar-refractivity contribution in [1.29, 1.82) is 0 Å². The molecule has 0 amide bonds. The number of hydrogen-bond acceptors (Lipinski definition) is 3. The number of thiophene rings is 1. The van der Waals surface area contributed by atoms with Gasteiger partial charge in [-0.1, -0.05) is 0 Å². The Bertz CT molecular complexity index is 564. The molecule has 0 spiro atoms. The second kappa shape index (κ2) is 6.69. The topological polar surface area (TPSA) is 29.9 Å². The Kier molecular flexibility index (Phi) is 5.45. The van der Waals surface area contributed by atoms with Gasteiger partial charge in [-0.15, -0.1) is 11.3 Å². The first-order valence-corrected chi connectivity index (χ1v) is 8.94. The molecule has 0 saturated carbocycles. The Hall–Kier alpha value is 0.0800. The monoisotopic (exact) mass is 453 g/mol. The largest absolute Gasteiger partial charge is 0.313 e. The van der Waals surface area contributed by atoms with Gasteiger partial charge < -0.3 is 5.32 Å². The Labute approximate surface area is 140 Å². The maximum atomic E-state index is 4.56. The van der Waals surface area contributed by atoms with Gasteiger partial charge in [-0.05, 0) is 76.4 Å². The second-order valence-corrected chi connectivity index (χ2v) is 7.99. The molecule has 3 nitrogen and oxygen atoms in total. The van der Waals surface area contributed by atoms with E-state index in [2.05, 4.69) is 72.0 Å². The van der Waals surface area contributed by atoms with E-state index in [0.717, 1.165) is 23.1 Å². The molecule has 1 N–H and O–H groups in total. The van der Waals surface area contributed by atoms with Crippen molar-refractivity contribution in [3.05, 3.63) is 35.8 Å². The van der Waals surface area contributed by atoms with Crippen molar-refractivity contribution in [2.45, 2.75) is 32.9 Å². The van der Waals surface area contributed by atoms with Crippen LogP contribution in [0.1, 0.15) is 29.9 Å². The molecular formula is C13H17BrIN3S. The zero-order valence-corrected chi connectivity index (χ0v) is 15.8. The van der Waals surface area contributed by atoms with Crippen LogP contribution in [-0.2, 0) is 13.0 Å². The van der Waals surface area contributed by atoms with Crippen LogP contribution >= 0.6 is 49.9 Å². The van der Waals surface area contributed by atoms with E-state index in [9.17, 15) is 0 Å². The van der Waals surface area contributed by atoms with Crippen LogP contribution in [0.4, 0.5) is 0 Å². The molecule has 1 unspecified atom stereocenters. The first-order valence-electron chi connectivity index (χ1n) is 6.19. The molecule has 0 aliphatic carbocycles. The highest BCUT2D eigenvalue weighted by Crippen LogP contribution is 2.29. The van der Waals surface area contributed by atoms with Crippen molar-refractivity contribution in [3.63, 3.8) is 0 Å². The number of hydrogen-bond donors (Lipinski definition) is 1. The van der Waals surface area contributed by atoms with Gasteiger partial charge in [-0.25, -0.2) is 0 Å². The quantitative estimate of drug-likeness (QED) is 0.689. The number of rotatable bonds is 5. The number of aryl methyl sites for hydroxylation is 2. The van der Waals surface area contributed by atoms with Crippen LogP contribution in [0.25, 0.3) is 0 Å². The highest BCUT2D eigenvalue weighted by Gasteiger charge is 2.18. The summed E-state index contributed by atoms with van der Waals surface area (Å²) in [5, 5.41) is 10.2. The Morgan fingerprint density at radius 1 is 1.58 bits per heavy atom. The molecule has 6 heteroatoms. The fourth-order valence-electron chi connectivity index (χ4n) is 2.15. The van der Waals surface area contributed by atoms with Gasteiger partial charge in [-0.3, -0.25) is 4.68 Å². The van der Waals surface area contributed by atoms with Gasteiger partial charge in [0.05, 0.1) is 18.7 Å². The summed E-state index contributed by atoms with van der Waals surface area (Å²) in [6.45, 7) is 5.07. The minimum absolute atomic E-state index is 0.331. The standard InChI is InChI=1S/C13H17BrIN3S/c1-4-18-11(13(14)8(2)17-18)6-10(16-3)9-5-12(15)19-7-9/h5,7,10,16H,4,6H2,1-3H3. The van der Waals surface area contributed by atoms with Crippen LogP contribution in [0.5, 0.6) is 0 Å². The van der Waals surface area contributed by atoms with Gasteiger partial charge in [0.2, 0.25) is 0 Å². The molecule has 0 saturated heterocycles. The molecule has 0 aromatic carbocycles. The molecule has 2 rings (SSSR count). The Morgan fingerprint density at radius 3 is 2.84 bits per heavy atom. The molecule has 0 bridgehead atoms. The van der Waals surface area contributed by atoms with Crippen molar-refractivity contribution in [1.82, 2.24) is 15.1 Å². The average molecular weight is 454 g/mol. The lowest BCUT2D eigenvalue weighted by Gasteiger charge is -2.16. The predicted octanol–water partition coefficient (Wildman–Crippen LogP) is 4.14. The summed E-state index contributed by atoms with van der Waals surface area (Å²) in [5.41, 5.74) is 3.68. The van der Waals surface area contributed by atoms with Crippen LogP contribution in [-0.4, -0.2) is 16.8 Å². The fourth-order valence-corrected chi connectivity index (χ4v) is 4.02. The molecule has 19 heavy (non-hydrogen) atoms. The predicted molar refractivity (Wildman–Crippen MR) is 92.9 cm³/mol. The lowest BCUT2D eigenvalue weighted by Crippen LogP contribution is -2.20. The number of nitrogens with one attached hydrogen (secondary N) is 1. The smallest absolute Gasteiger partial charge is 0.0738 e. The van der Waals surface area contributed by atoms with E-state index < -0.39 is 0 Å². The summed E-state index contributed by atoms with van der Waals surface area (Å²) in [5.74, 6) is 0. The van der Waals surface area contributed by atoms with Gasteiger partial charge in [-0.2, -0.15) is 5.10 Å². The van der Waals surface area contributed by atoms with Crippen molar-refractivity contribution < 1.29 is 0 Å². The summed E-state index contributed by atoms with van der Waals surface area (Å²) < 4.78 is 4.55. The van der Waals surface area contributed by atoms with E-state index in [1.54, 1.807) is 11.3 Å². The third-order valence-corrected chi connectivity index (χ3v) is 6.03. The van der Waals surface area contributed by atoms with E-state index in [-0.39, 0.29) is 0 Å². The summed E-state index contributed by atoms with van der Waals surface area (Å²) in [7, 11) is 2.02. The van der Waals surface area contributed by atoms with Crippen LogP contribution < -0.4 is 5.32 Å². The van der Waals surface area contributed by atoms with Gasteiger partial charge >= 0.3 is 0 Å². The van der Waals surface area contributed by atoms with Crippen LogP contribution in [0, 0.1) is 9.81 Å². The minimum atomic E-state index is 0.331. The lowest BCUT2D eigenvalue weighted by molar-refractivity contribution is 0.541. The number of aromatic nitrogens is 2. The normalized spacial score (nSPS) is 12.9. The molecular weight excluding hydrogens is 437 g/mol. The molecule has 2 heterocycles. The Morgan fingerprint density at radius 2 is 2.32 bits per heavy atom. The van der Waals surface area contributed by atoms with Crippen LogP contribution in [0.15, 0.2) is 15.9 Å². The highest BCUT2D eigenvalue weighted by molar-refractivity contribution is 14.1. The average Bonchev–Trinajstić information content (AvgIpc) is 2.93. The van der Waals surface area contributed by atoms with E-state index in [0.29, 0.717) is 6.04 Å². The molecule has 2 aromatic rings. The molecule has 2 aromatic heterocycles. The summed E-state index contributed by atoms with van der Waals surface area (Å²) >= 11 is 7.83. The maximum Gasteiger partial charge on any atom is 0.0738 e. The third kappa shape index (κ3) is 3.40. The SMILES string of the molecule is CCn1nc(C)c(Br)c1CC(NC)c1csc(I)c1. The van der Waals surface area contributed by atoms with Crippen LogP contribution in [0.2, 0.25) is 0 Å². The van der Waals surface area contributed by atoms with E-state index in [1.165, 1.54) is 14.1 Å². The van der Waals surface area contributed by atoms with Crippen LogP contribution in [0.3, 0.4) is 0 Å². The minimum Gasteiger partial charge on any atom is -0.313 e. The van der Waals surface area contributed by atoms with E-state index >= 15 is 0 Å². The van der Waals surface area contributed by atoms with Crippen molar-refractivity contribution in [2.75, 3.05) is 7.05 Å². The van der Waals surface area contributed by atoms with Gasteiger partial charge in [0, 0.05) is 19.0 Å². The Balaban J connectivity index is 2.28. The molecule has 0 radical (unpaired) electrons. The first kappa shape index (κ1) is 15.5. The summed E-state index contributed by atoms with van der Waals surface area (Å²) in [6, 6.07) is 2.58. The summed E-state index contributed by atoms with van der Waals surface area (Å²) in [6.07, 6.45) is 0.943. The zero-order valence-electron chi connectivity index (χ0n) is 11.2. The van der Waals surface area contributed by atoms with Gasteiger partial charge in [0.1, 0.15) is 0 Å². The molecule has 104 valence electrons. The molecule has 1 atom stereocenters. The lowest BCUT2D eigenvalue weighted by atomic mass is 10.1. The molecule has 0 aliphatic heterocycles. The first-order chi connectivity index (χ1) is 9.06. The number of nitrogens with zero attached hydrogens (tertiary/aromatic N) is 2. The molecule has 0 fully saturated rings. The van der Waals surface area contributed by atoms with Gasteiger partial charge in [0.25, 0.3) is 0 Å². The third-order valence-electron chi connectivity index (χ3n) is 3.19. The van der Waals surface area contributed by atoms with E-state index in [1.807, 2.05) is 14.0 Å². The second-order valence-electron chi connectivity index (χ2n) is 4.39. The summed E-state index contributed by atoms with van der Waals surface area (Å²) in [4.78, 5) is 0. The van der Waals surface area contributed by atoms with Crippen molar-refractivity contribution in [2.24, 2.45) is 0 Å². The van der Waals surface area contributed by atoms with Crippen molar-refractivity contribution >= 4 is 49.9 Å². The van der Waals surface area contributed by atoms with Crippen molar-refractivity contribution in [3.8, 4) is 0 Å². The number of likely N-dealkylation sites (N-methyl/N-ethyl adjacent to an activating group) is 1. The molecule has 0 aliphatic rings. The van der Waals surface area contributed by atoms with Gasteiger partial charge in [0.15, 0.2) is 0 Å².